The maximum absolute atomic E-state index is 11.6. The number of benzene rings is 2. The van der Waals surface area contributed by atoms with Crippen molar-refractivity contribution in [3.8, 4) is 11.5 Å². The molecule has 0 amide bonds. The van der Waals surface area contributed by atoms with Crippen LogP contribution in [-0.4, -0.2) is 20.2 Å². The SMILES string of the molecule is COc1cccc(C(OC(C)=O)c2c[c-]ccc2C)c1OC.[W]. The first-order valence-corrected chi connectivity index (χ1v) is 6.93. The van der Waals surface area contributed by atoms with E-state index in [-0.39, 0.29) is 27.0 Å². The molecule has 0 bridgehead atoms. The average molecular weight is 483 g/mol. The summed E-state index contributed by atoms with van der Waals surface area (Å²) in [6.07, 6.45) is -0.569. The van der Waals surface area contributed by atoms with Gasteiger partial charge in [0.15, 0.2) is 11.5 Å². The van der Waals surface area contributed by atoms with Crippen molar-refractivity contribution in [3.05, 3.63) is 59.2 Å². The van der Waals surface area contributed by atoms with Crippen molar-refractivity contribution in [1.29, 1.82) is 0 Å². The summed E-state index contributed by atoms with van der Waals surface area (Å²) in [7, 11) is 3.14. The summed E-state index contributed by atoms with van der Waals surface area (Å²) in [6, 6.07) is 14.1. The van der Waals surface area contributed by atoms with Gasteiger partial charge in [0.2, 0.25) is 0 Å². The van der Waals surface area contributed by atoms with Crippen LogP contribution in [0.5, 0.6) is 11.5 Å². The summed E-state index contributed by atoms with van der Waals surface area (Å²) in [6.45, 7) is 3.36. The topological polar surface area (TPSA) is 44.8 Å². The van der Waals surface area contributed by atoms with Crippen LogP contribution in [0.4, 0.5) is 0 Å². The fourth-order valence-electron chi connectivity index (χ4n) is 2.38. The summed E-state index contributed by atoms with van der Waals surface area (Å²) in [5.74, 6) is 0.785. The van der Waals surface area contributed by atoms with Gasteiger partial charge in [-0.3, -0.25) is 4.79 Å². The maximum atomic E-state index is 11.6. The summed E-state index contributed by atoms with van der Waals surface area (Å²) < 4.78 is 16.3. The van der Waals surface area contributed by atoms with Gasteiger partial charge in [0.25, 0.3) is 0 Å². The van der Waals surface area contributed by atoms with Gasteiger partial charge < -0.3 is 14.2 Å². The minimum absolute atomic E-state index is 0. The number of carbonyl (C=O) groups excluding carboxylic acids is 1. The Bertz CT molecular complexity index is 670. The number of para-hydroxylation sites is 1. The zero-order valence-corrected chi connectivity index (χ0v) is 16.5. The van der Waals surface area contributed by atoms with Crippen LogP contribution in [0.2, 0.25) is 0 Å². The molecule has 4 nitrogen and oxygen atoms in total. The quantitative estimate of drug-likeness (QED) is 0.483. The van der Waals surface area contributed by atoms with Crippen LogP contribution in [0.15, 0.2) is 36.4 Å². The molecule has 0 spiro atoms. The van der Waals surface area contributed by atoms with Crippen molar-refractivity contribution in [2.75, 3.05) is 14.2 Å². The van der Waals surface area contributed by atoms with Gasteiger partial charge in [-0.2, -0.15) is 29.8 Å². The molecule has 0 aliphatic carbocycles. The van der Waals surface area contributed by atoms with E-state index in [4.69, 9.17) is 14.2 Å². The summed E-state index contributed by atoms with van der Waals surface area (Å²) in [5, 5.41) is 0. The number of rotatable bonds is 5. The fourth-order valence-corrected chi connectivity index (χ4v) is 2.38. The zero-order chi connectivity index (χ0) is 16.1. The molecule has 0 saturated heterocycles. The first-order valence-electron chi connectivity index (χ1n) is 6.93. The van der Waals surface area contributed by atoms with Crippen LogP contribution in [0, 0.1) is 13.0 Å². The molecule has 122 valence electrons. The number of hydrogen-bond donors (Lipinski definition) is 0. The predicted molar refractivity (Wildman–Crippen MR) is 83.2 cm³/mol. The third-order valence-electron chi connectivity index (χ3n) is 3.41. The van der Waals surface area contributed by atoms with Crippen LogP contribution in [0.25, 0.3) is 0 Å². The molecule has 0 radical (unpaired) electrons. The van der Waals surface area contributed by atoms with Crippen LogP contribution >= 0.6 is 0 Å². The van der Waals surface area contributed by atoms with Crippen molar-refractivity contribution in [2.45, 2.75) is 20.0 Å². The Morgan fingerprint density at radius 1 is 1.13 bits per heavy atom. The van der Waals surface area contributed by atoms with Gasteiger partial charge in [0.05, 0.1) is 14.2 Å². The summed E-state index contributed by atoms with van der Waals surface area (Å²) in [5.41, 5.74) is 2.61. The molecule has 0 aromatic heterocycles. The number of ether oxygens (including phenoxy) is 3. The molecule has 0 fully saturated rings. The molecule has 5 heteroatoms. The van der Waals surface area contributed by atoms with Crippen molar-refractivity contribution in [3.63, 3.8) is 0 Å². The number of methoxy groups -OCH3 is 2. The van der Waals surface area contributed by atoms with E-state index in [1.54, 1.807) is 20.3 Å². The van der Waals surface area contributed by atoms with E-state index in [0.29, 0.717) is 11.5 Å². The van der Waals surface area contributed by atoms with E-state index in [1.807, 2.05) is 37.3 Å². The van der Waals surface area contributed by atoms with Gasteiger partial charge in [-0.1, -0.05) is 19.1 Å². The molecular formula is C18H19O4W-. The molecule has 1 unspecified atom stereocenters. The zero-order valence-electron chi connectivity index (χ0n) is 13.6. The summed E-state index contributed by atoms with van der Waals surface area (Å²) in [4.78, 5) is 11.6. The molecule has 1 atom stereocenters. The van der Waals surface area contributed by atoms with Crippen molar-refractivity contribution in [2.24, 2.45) is 0 Å². The van der Waals surface area contributed by atoms with E-state index < -0.39 is 6.10 Å². The molecule has 0 aliphatic heterocycles. The second kappa shape index (κ2) is 8.73. The van der Waals surface area contributed by atoms with Gasteiger partial charge in [-0.05, 0) is 6.07 Å². The number of aryl methyl sites for hydroxylation is 1. The maximum Gasteiger partial charge on any atom is 0.302 e. The second-order valence-corrected chi connectivity index (χ2v) is 4.85. The van der Waals surface area contributed by atoms with Crippen LogP contribution in [0.3, 0.4) is 0 Å². The smallest absolute Gasteiger partial charge is 0.302 e. The van der Waals surface area contributed by atoms with E-state index in [9.17, 15) is 4.79 Å². The normalized spacial score (nSPS) is 11.1. The third kappa shape index (κ3) is 4.35. The average Bonchev–Trinajstić information content (AvgIpc) is 2.52. The molecule has 2 rings (SSSR count). The molecule has 0 heterocycles. The minimum Gasteiger partial charge on any atom is -0.493 e. The standard InChI is InChI=1S/C18H19O4.W/c1-12-8-5-6-9-14(12)17(22-13(2)19)15-10-7-11-16(20-3)18(15)21-4;/h5,7-11,17H,1-4H3;/q-1;. The minimum atomic E-state index is -0.569. The van der Waals surface area contributed by atoms with Crippen LogP contribution in [-0.2, 0) is 30.6 Å². The van der Waals surface area contributed by atoms with Crippen LogP contribution < -0.4 is 9.47 Å². The van der Waals surface area contributed by atoms with E-state index >= 15 is 0 Å². The van der Waals surface area contributed by atoms with Gasteiger partial charge in [-0.25, -0.2) is 0 Å². The Labute approximate surface area is 151 Å². The molecule has 0 N–H and O–H groups in total. The number of esters is 1. The Morgan fingerprint density at radius 3 is 2.43 bits per heavy atom. The molecule has 2 aromatic carbocycles. The van der Waals surface area contributed by atoms with Crippen molar-refractivity contribution >= 4 is 5.97 Å². The Kier molecular flexibility index (Phi) is 7.31. The molecule has 0 aliphatic rings. The Balaban J connectivity index is 0.00000264. The van der Waals surface area contributed by atoms with Gasteiger partial charge in [-0.15, -0.1) is 5.56 Å². The third-order valence-corrected chi connectivity index (χ3v) is 3.41. The van der Waals surface area contributed by atoms with Gasteiger partial charge in [0, 0.05) is 33.6 Å². The monoisotopic (exact) mass is 483 g/mol. The fraction of sp³-hybridized carbons (Fsp3) is 0.278. The predicted octanol–water partition coefficient (Wildman–Crippen LogP) is 3.46. The Morgan fingerprint density at radius 2 is 1.87 bits per heavy atom. The number of hydrogen-bond acceptors (Lipinski definition) is 4. The Hall–Kier alpha value is -1.80. The van der Waals surface area contributed by atoms with Gasteiger partial charge in [0.1, 0.15) is 6.10 Å². The van der Waals surface area contributed by atoms with E-state index in [0.717, 1.165) is 16.7 Å². The molecule has 0 saturated carbocycles. The van der Waals surface area contributed by atoms with E-state index in [2.05, 4.69) is 6.07 Å². The van der Waals surface area contributed by atoms with Gasteiger partial charge >= 0.3 is 5.97 Å². The summed E-state index contributed by atoms with van der Waals surface area (Å²) >= 11 is 0. The first-order chi connectivity index (χ1) is 10.6. The molecule has 23 heavy (non-hydrogen) atoms. The largest absolute Gasteiger partial charge is 0.493 e. The second-order valence-electron chi connectivity index (χ2n) is 4.85. The van der Waals surface area contributed by atoms with Crippen molar-refractivity contribution in [1.82, 2.24) is 0 Å². The van der Waals surface area contributed by atoms with Crippen LogP contribution in [0.1, 0.15) is 29.7 Å². The molecular weight excluding hydrogens is 464 g/mol. The first kappa shape index (κ1) is 19.2. The van der Waals surface area contributed by atoms with Crippen molar-refractivity contribution < 1.29 is 40.1 Å². The van der Waals surface area contributed by atoms with E-state index in [1.165, 1.54) is 6.92 Å². The molecule has 2 aromatic rings. The number of carbonyl (C=O) groups is 1.